The molecule has 0 saturated heterocycles. The molecule has 1 nitrogen and oxygen atoms in total. The summed E-state index contributed by atoms with van der Waals surface area (Å²) in [4.78, 5) is 0. The number of benzene rings is 3. The van der Waals surface area contributed by atoms with E-state index in [9.17, 15) is 13.3 Å². The van der Waals surface area contributed by atoms with E-state index >= 15 is 0 Å². The van der Waals surface area contributed by atoms with E-state index in [1.165, 1.54) is 0 Å². The quantitative estimate of drug-likeness (QED) is 0.510. The van der Waals surface area contributed by atoms with E-state index in [1.807, 2.05) is 0 Å². The molecule has 5 heteroatoms. The van der Waals surface area contributed by atoms with Crippen molar-refractivity contribution in [2.75, 3.05) is 0 Å². The summed E-state index contributed by atoms with van der Waals surface area (Å²) in [7, 11) is -3.39. The summed E-state index contributed by atoms with van der Waals surface area (Å²) in [6.07, 6.45) is 0. The van der Waals surface area contributed by atoms with Crippen LogP contribution in [0.4, 0.5) is 8.78 Å². The number of halogens is 3. The van der Waals surface area contributed by atoms with Crippen molar-refractivity contribution in [3.63, 3.8) is 0 Å². The Morgan fingerprint density at radius 2 is 1.09 bits per heavy atom. The molecular formula is C18H12ClF2OP. The zero-order chi connectivity index (χ0) is 16.4. The Morgan fingerprint density at radius 3 is 1.48 bits per heavy atom. The first-order valence-electron chi connectivity index (χ1n) is 6.90. The molecule has 23 heavy (non-hydrogen) atoms. The van der Waals surface area contributed by atoms with E-state index in [1.54, 1.807) is 60.7 Å². The topological polar surface area (TPSA) is 17.1 Å². The lowest BCUT2D eigenvalue weighted by Gasteiger charge is -2.20. The molecule has 0 N–H and O–H groups in total. The Hall–Kier alpha value is -1.96. The van der Waals surface area contributed by atoms with Crippen LogP contribution in [0, 0.1) is 11.6 Å². The van der Waals surface area contributed by atoms with Crippen molar-refractivity contribution in [3.05, 3.63) is 89.5 Å². The van der Waals surface area contributed by atoms with Crippen LogP contribution < -0.4 is 15.9 Å². The molecule has 3 aromatic carbocycles. The van der Waals surface area contributed by atoms with Crippen molar-refractivity contribution in [2.24, 2.45) is 0 Å². The van der Waals surface area contributed by atoms with Gasteiger partial charge in [-0.15, -0.1) is 0 Å². The normalized spacial score (nSPS) is 11.4. The lowest BCUT2D eigenvalue weighted by Crippen LogP contribution is -2.25. The molecule has 0 aliphatic carbocycles. The van der Waals surface area contributed by atoms with Crippen LogP contribution in [0.25, 0.3) is 0 Å². The Labute approximate surface area is 137 Å². The Bertz CT molecular complexity index is 816. The monoisotopic (exact) mass is 348 g/mol. The van der Waals surface area contributed by atoms with Crippen LogP contribution in [0.3, 0.4) is 0 Å². The van der Waals surface area contributed by atoms with Crippen LogP contribution in [-0.4, -0.2) is 0 Å². The van der Waals surface area contributed by atoms with Crippen molar-refractivity contribution in [1.29, 1.82) is 0 Å². The molecule has 3 rings (SSSR count). The predicted octanol–water partition coefficient (Wildman–Crippen LogP) is 4.26. The highest BCUT2D eigenvalue weighted by atomic mass is 35.5. The average Bonchev–Trinajstić information content (AvgIpc) is 2.60. The van der Waals surface area contributed by atoms with Gasteiger partial charge in [0.15, 0.2) is 7.14 Å². The van der Waals surface area contributed by atoms with Gasteiger partial charge in [0, 0.05) is 15.9 Å². The third kappa shape index (κ3) is 2.83. The van der Waals surface area contributed by atoms with Crippen LogP contribution in [0.2, 0.25) is 5.02 Å². The van der Waals surface area contributed by atoms with Gasteiger partial charge >= 0.3 is 0 Å². The summed E-state index contributed by atoms with van der Waals surface area (Å²) in [6, 6.07) is 19.4. The second-order valence-electron chi connectivity index (χ2n) is 5.00. The smallest absolute Gasteiger partial charge is 0.171 e. The maximum atomic E-state index is 13.9. The maximum Gasteiger partial charge on any atom is 0.171 e. The first kappa shape index (κ1) is 15.9. The average molecular weight is 349 g/mol. The zero-order valence-electron chi connectivity index (χ0n) is 11.9. The van der Waals surface area contributed by atoms with Gasteiger partial charge in [0.1, 0.15) is 16.7 Å². The molecule has 0 amide bonds. The molecule has 0 fully saturated rings. The van der Waals surface area contributed by atoms with Crippen LogP contribution in [0.1, 0.15) is 0 Å². The highest BCUT2D eigenvalue weighted by molar-refractivity contribution is 7.85. The fourth-order valence-corrected chi connectivity index (χ4v) is 5.22. The van der Waals surface area contributed by atoms with Crippen LogP contribution in [0.15, 0.2) is 72.8 Å². The van der Waals surface area contributed by atoms with Crippen molar-refractivity contribution in [2.45, 2.75) is 0 Å². The lowest BCUT2D eigenvalue weighted by molar-refractivity contribution is 0.581. The standard InChI is InChI=1S/C18H12ClF2OP/c19-18-16(20)11-15(12-17(18)21)23(22,13-7-3-1-4-8-13)14-9-5-2-6-10-14/h1-12H. The van der Waals surface area contributed by atoms with Crippen molar-refractivity contribution >= 4 is 34.7 Å². The molecular weight excluding hydrogens is 337 g/mol. The van der Waals surface area contributed by atoms with Gasteiger partial charge in [0.2, 0.25) is 0 Å². The van der Waals surface area contributed by atoms with E-state index in [2.05, 4.69) is 0 Å². The van der Waals surface area contributed by atoms with E-state index < -0.39 is 23.8 Å². The number of hydrogen-bond acceptors (Lipinski definition) is 1. The van der Waals surface area contributed by atoms with Gasteiger partial charge in [-0.2, -0.15) is 0 Å². The first-order chi connectivity index (χ1) is 11.0. The van der Waals surface area contributed by atoms with Gasteiger partial charge in [0.05, 0.1) is 0 Å². The summed E-state index contributed by atoms with van der Waals surface area (Å²) in [5.41, 5.74) is 0. The van der Waals surface area contributed by atoms with Gasteiger partial charge in [-0.3, -0.25) is 0 Å². The van der Waals surface area contributed by atoms with E-state index in [4.69, 9.17) is 11.6 Å². The summed E-state index contributed by atoms with van der Waals surface area (Å²) in [6.45, 7) is 0. The minimum Gasteiger partial charge on any atom is -0.309 e. The summed E-state index contributed by atoms with van der Waals surface area (Å²) < 4.78 is 41.7. The van der Waals surface area contributed by atoms with Gasteiger partial charge in [-0.05, 0) is 12.1 Å². The van der Waals surface area contributed by atoms with Gasteiger partial charge in [-0.25, -0.2) is 8.78 Å². The second-order valence-corrected chi connectivity index (χ2v) is 8.15. The summed E-state index contributed by atoms with van der Waals surface area (Å²) in [5.74, 6) is -1.84. The van der Waals surface area contributed by atoms with Crippen LogP contribution >= 0.6 is 18.7 Å². The zero-order valence-corrected chi connectivity index (χ0v) is 13.6. The highest BCUT2D eigenvalue weighted by Crippen LogP contribution is 2.43. The maximum absolute atomic E-state index is 13.9. The first-order valence-corrected chi connectivity index (χ1v) is 8.98. The van der Waals surface area contributed by atoms with Crippen LogP contribution in [0.5, 0.6) is 0 Å². The molecule has 0 heterocycles. The van der Waals surface area contributed by atoms with E-state index in [-0.39, 0.29) is 5.30 Å². The molecule has 0 saturated carbocycles. The highest BCUT2D eigenvalue weighted by Gasteiger charge is 2.31. The third-order valence-corrected chi connectivity index (χ3v) is 6.97. The molecule has 0 bridgehead atoms. The molecule has 0 spiro atoms. The van der Waals surface area contributed by atoms with Gasteiger partial charge in [-0.1, -0.05) is 72.3 Å². The van der Waals surface area contributed by atoms with Crippen LogP contribution in [-0.2, 0) is 4.57 Å². The Balaban J connectivity index is 2.32. The summed E-state index contributed by atoms with van der Waals surface area (Å²) in [5, 5.41) is 0.496. The molecule has 0 aromatic heterocycles. The molecule has 0 atom stereocenters. The molecule has 0 aliphatic rings. The molecule has 0 radical (unpaired) electrons. The van der Waals surface area contributed by atoms with Crippen molar-refractivity contribution < 1.29 is 13.3 Å². The fourth-order valence-electron chi connectivity index (χ4n) is 2.45. The largest absolute Gasteiger partial charge is 0.309 e. The van der Waals surface area contributed by atoms with Gasteiger partial charge in [0.25, 0.3) is 0 Å². The molecule has 3 aromatic rings. The predicted molar refractivity (Wildman–Crippen MR) is 90.8 cm³/mol. The SMILES string of the molecule is O=P(c1ccccc1)(c1ccccc1)c1cc(F)c(Cl)c(F)c1. The lowest BCUT2D eigenvalue weighted by atomic mass is 10.3. The minimum absolute atomic E-state index is 0.0781. The van der Waals surface area contributed by atoms with Crippen molar-refractivity contribution in [3.8, 4) is 0 Å². The fraction of sp³-hybridized carbons (Fsp3) is 0. The molecule has 116 valence electrons. The van der Waals surface area contributed by atoms with E-state index in [0.717, 1.165) is 12.1 Å². The van der Waals surface area contributed by atoms with Crippen molar-refractivity contribution in [1.82, 2.24) is 0 Å². The summed E-state index contributed by atoms with van der Waals surface area (Å²) >= 11 is 5.55. The number of hydrogen-bond donors (Lipinski definition) is 0. The van der Waals surface area contributed by atoms with E-state index in [0.29, 0.717) is 10.6 Å². The Kier molecular flexibility index (Phi) is 4.34. The Morgan fingerprint density at radius 1 is 0.696 bits per heavy atom. The minimum atomic E-state index is -3.39. The second kappa shape index (κ2) is 6.27. The third-order valence-electron chi connectivity index (χ3n) is 3.57. The van der Waals surface area contributed by atoms with Gasteiger partial charge < -0.3 is 4.57 Å². The molecule has 0 unspecified atom stereocenters. The number of rotatable bonds is 3. The molecule has 0 aliphatic heterocycles.